The lowest BCUT2D eigenvalue weighted by Crippen LogP contribution is -2.04. The maximum atomic E-state index is 11.5. The van der Waals surface area contributed by atoms with Gasteiger partial charge in [0.15, 0.2) is 15.6 Å². The summed E-state index contributed by atoms with van der Waals surface area (Å²) in [7, 11) is -3.35. The van der Waals surface area contributed by atoms with Crippen molar-refractivity contribution in [1.82, 2.24) is 0 Å². The normalized spacial score (nSPS) is 11.1. The van der Waals surface area contributed by atoms with Gasteiger partial charge >= 0.3 is 5.97 Å². The summed E-state index contributed by atoms with van der Waals surface area (Å²) in [6.07, 6.45) is 1.10. The summed E-state index contributed by atoms with van der Waals surface area (Å²) in [5.41, 5.74) is 0.886. The van der Waals surface area contributed by atoms with Crippen LogP contribution in [0.2, 0.25) is 10.0 Å². The molecule has 2 rings (SSSR count). The van der Waals surface area contributed by atoms with Gasteiger partial charge < -0.3 is 10.1 Å². The van der Waals surface area contributed by atoms with Gasteiger partial charge in [-0.25, -0.2) is 8.42 Å². The van der Waals surface area contributed by atoms with Crippen molar-refractivity contribution in [3.63, 3.8) is 0 Å². The van der Waals surface area contributed by atoms with Gasteiger partial charge in [-0.15, -0.1) is 0 Å². The third kappa shape index (κ3) is 4.60. The molecule has 23 heavy (non-hydrogen) atoms. The van der Waals surface area contributed by atoms with Crippen LogP contribution in [0, 0.1) is 0 Å². The van der Waals surface area contributed by atoms with Gasteiger partial charge in [-0.1, -0.05) is 23.2 Å². The standard InChI is InChI=1S/C15H13Cl2NO4S/c1-9(19)22-15-6-3-10(16)7-14(15)18-13-5-4-11(8-12(13)17)23(2,20)21/h3-8,18H,1-2H3. The van der Waals surface area contributed by atoms with Crippen molar-refractivity contribution >= 4 is 50.4 Å². The Kier molecular flexibility index (Phi) is 5.19. The average Bonchev–Trinajstić information content (AvgIpc) is 2.42. The number of benzene rings is 2. The molecule has 0 radical (unpaired) electrons. The van der Waals surface area contributed by atoms with Crippen LogP contribution in [0.3, 0.4) is 0 Å². The molecule has 0 aliphatic rings. The Morgan fingerprint density at radius 3 is 2.35 bits per heavy atom. The second-order valence-electron chi connectivity index (χ2n) is 4.77. The van der Waals surface area contributed by atoms with Gasteiger partial charge in [-0.05, 0) is 36.4 Å². The SMILES string of the molecule is CC(=O)Oc1ccc(Cl)cc1Nc1ccc(S(C)(=O)=O)cc1Cl. The minimum atomic E-state index is -3.35. The maximum absolute atomic E-state index is 11.5. The third-order valence-electron chi connectivity index (χ3n) is 2.83. The van der Waals surface area contributed by atoms with E-state index < -0.39 is 15.8 Å². The van der Waals surface area contributed by atoms with E-state index in [0.29, 0.717) is 16.4 Å². The highest BCUT2D eigenvalue weighted by atomic mass is 35.5. The molecule has 1 N–H and O–H groups in total. The molecule has 0 atom stereocenters. The summed E-state index contributed by atoms with van der Waals surface area (Å²) in [6, 6.07) is 9.00. The van der Waals surface area contributed by atoms with E-state index >= 15 is 0 Å². The number of anilines is 2. The smallest absolute Gasteiger partial charge is 0.308 e. The highest BCUT2D eigenvalue weighted by Gasteiger charge is 2.13. The molecule has 122 valence electrons. The summed E-state index contributed by atoms with van der Waals surface area (Å²) in [6.45, 7) is 1.28. The first kappa shape index (κ1) is 17.6. The quantitative estimate of drug-likeness (QED) is 0.645. The number of hydrogen-bond donors (Lipinski definition) is 1. The van der Waals surface area contributed by atoms with Gasteiger partial charge in [-0.3, -0.25) is 4.79 Å². The summed E-state index contributed by atoms with van der Waals surface area (Å²) in [5.74, 6) is -0.195. The van der Waals surface area contributed by atoms with Crippen molar-refractivity contribution in [3.05, 3.63) is 46.4 Å². The van der Waals surface area contributed by atoms with Crippen LogP contribution in [-0.2, 0) is 14.6 Å². The van der Waals surface area contributed by atoms with E-state index in [-0.39, 0.29) is 15.7 Å². The molecule has 0 heterocycles. The molecular weight excluding hydrogens is 361 g/mol. The van der Waals surface area contributed by atoms with Crippen LogP contribution < -0.4 is 10.1 Å². The molecule has 0 aliphatic carbocycles. The number of hydrogen-bond acceptors (Lipinski definition) is 5. The average molecular weight is 374 g/mol. The molecular formula is C15H13Cl2NO4S. The van der Waals surface area contributed by atoms with Crippen LogP contribution in [0.5, 0.6) is 5.75 Å². The van der Waals surface area contributed by atoms with E-state index in [9.17, 15) is 13.2 Å². The predicted molar refractivity (Wildman–Crippen MR) is 90.6 cm³/mol. The lowest BCUT2D eigenvalue weighted by Gasteiger charge is -2.13. The van der Waals surface area contributed by atoms with E-state index in [0.717, 1.165) is 6.26 Å². The van der Waals surface area contributed by atoms with Gasteiger partial charge in [0, 0.05) is 18.2 Å². The molecule has 0 saturated heterocycles. The van der Waals surface area contributed by atoms with Crippen molar-refractivity contribution in [2.45, 2.75) is 11.8 Å². The first-order valence-electron chi connectivity index (χ1n) is 6.41. The first-order chi connectivity index (χ1) is 10.7. The van der Waals surface area contributed by atoms with Crippen LogP contribution in [0.4, 0.5) is 11.4 Å². The molecule has 0 bridgehead atoms. The first-order valence-corrected chi connectivity index (χ1v) is 9.06. The summed E-state index contributed by atoms with van der Waals surface area (Å²) in [4.78, 5) is 11.3. The highest BCUT2D eigenvalue weighted by molar-refractivity contribution is 7.90. The zero-order valence-corrected chi connectivity index (χ0v) is 14.6. The number of nitrogens with one attached hydrogen (secondary N) is 1. The summed E-state index contributed by atoms with van der Waals surface area (Å²) < 4.78 is 28.1. The fourth-order valence-electron chi connectivity index (χ4n) is 1.82. The Morgan fingerprint density at radius 1 is 1.09 bits per heavy atom. The van der Waals surface area contributed by atoms with Gasteiger partial charge in [0.05, 0.1) is 21.3 Å². The lowest BCUT2D eigenvalue weighted by atomic mass is 10.2. The maximum Gasteiger partial charge on any atom is 0.308 e. The summed E-state index contributed by atoms with van der Waals surface area (Å²) >= 11 is 12.1. The van der Waals surface area contributed by atoms with Crippen LogP contribution >= 0.6 is 23.2 Å². The molecule has 0 fully saturated rings. The molecule has 8 heteroatoms. The van der Waals surface area contributed by atoms with Crippen molar-refractivity contribution in [2.24, 2.45) is 0 Å². The number of carbonyl (C=O) groups is 1. The van der Waals surface area contributed by atoms with Crippen molar-refractivity contribution in [1.29, 1.82) is 0 Å². The van der Waals surface area contributed by atoms with Gasteiger partial charge in [0.2, 0.25) is 0 Å². The molecule has 0 aliphatic heterocycles. The van der Waals surface area contributed by atoms with Gasteiger partial charge in [-0.2, -0.15) is 0 Å². The van der Waals surface area contributed by atoms with E-state index in [1.165, 1.54) is 25.1 Å². The largest absolute Gasteiger partial charge is 0.424 e. The van der Waals surface area contributed by atoms with Crippen molar-refractivity contribution in [3.8, 4) is 5.75 Å². The molecule has 5 nitrogen and oxygen atoms in total. The molecule has 0 amide bonds. The van der Waals surface area contributed by atoms with E-state index in [1.54, 1.807) is 18.2 Å². The molecule has 0 spiro atoms. The Bertz CT molecular complexity index is 866. The van der Waals surface area contributed by atoms with Crippen LogP contribution in [0.15, 0.2) is 41.3 Å². The second-order valence-corrected chi connectivity index (χ2v) is 7.63. The second kappa shape index (κ2) is 6.78. The van der Waals surface area contributed by atoms with Crippen molar-refractivity contribution < 1.29 is 17.9 Å². The Morgan fingerprint density at radius 2 is 1.78 bits per heavy atom. The Balaban J connectivity index is 2.39. The predicted octanol–water partition coefficient (Wildman–Crippen LogP) is 4.07. The number of sulfone groups is 1. The van der Waals surface area contributed by atoms with Crippen molar-refractivity contribution in [2.75, 3.05) is 11.6 Å². The number of rotatable bonds is 4. The molecule has 0 unspecified atom stereocenters. The number of ether oxygens (including phenoxy) is 1. The molecule has 0 aromatic heterocycles. The van der Waals surface area contributed by atoms with Crippen LogP contribution in [0.1, 0.15) is 6.92 Å². The lowest BCUT2D eigenvalue weighted by molar-refractivity contribution is -0.131. The Hall–Kier alpha value is -1.76. The summed E-state index contributed by atoms with van der Waals surface area (Å²) in [5, 5.41) is 3.62. The van der Waals surface area contributed by atoms with E-state index in [4.69, 9.17) is 27.9 Å². The number of esters is 1. The zero-order chi connectivity index (χ0) is 17.2. The molecule has 2 aromatic carbocycles. The fraction of sp³-hybridized carbons (Fsp3) is 0.133. The minimum absolute atomic E-state index is 0.111. The Labute approximate surface area is 144 Å². The van der Waals surface area contributed by atoms with Crippen LogP contribution in [0.25, 0.3) is 0 Å². The molecule has 2 aromatic rings. The minimum Gasteiger partial charge on any atom is -0.424 e. The number of halogens is 2. The van der Waals surface area contributed by atoms with Crippen LogP contribution in [-0.4, -0.2) is 20.6 Å². The zero-order valence-electron chi connectivity index (χ0n) is 12.3. The topological polar surface area (TPSA) is 72.5 Å². The number of carbonyl (C=O) groups excluding carboxylic acids is 1. The van der Waals surface area contributed by atoms with E-state index in [2.05, 4.69) is 5.32 Å². The fourth-order valence-corrected chi connectivity index (χ4v) is 2.93. The van der Waals surface area contributed by atoms with Gasteiger partial charge in [0.1, 0.15) is 0 Å². The van der Waals surface area contributed by atoms with E-state index in [1.807, 2.05) is 0 Å². The third-order valence-corrected chi connectivity index (χ3v) is 4.49. The monoisotopic (exact) mass is 373 g/mol. The van der Waals surface area contributed by atoms with Gasteiger partial charge in [0.25, 0.3) is 0 Å². The molecule has 0 saturated carbocycles. The highest BCUT2D eigenvalue weighted by Crippen LogP contribution is 2.34.